The van der Waals surface area contributed by atoms with Crippen LogP contribution in [0.4, 0.5) is 11.4 Å². The number of hydrogen-bond donors (Lipinski definition) is 1. The number of anilines is 2. The Hall–Kier alpha value is -2.80. The maximum Gasteiger partial charge on any atom is 0.266 e. The summed E-state index contributed by atoms with van der Waals surface area (Å²) in [5.74, 6) is 0.860. The number of benzene rings is 1. The van der Waals surface area contributed by atoms with Crippen LogP contribution in [0.25, 0.3) is 10.2 Å². The number of thiophene rings is 1. The molecule has 158 valence electrons. The fourth-order valence-corrected chi connectivity index (χ4v) is 4.88. The number of rotatable bonds is 6. The standard InChI is InChI=1S/C23H28N4O2S/c1-3-4-5-16-6-11-19-20(24)21(30-22(19)25-16)23(28)27-14-12-26(13-15-27)17-7-9-18(29-2)10-8-17/h6-11H,3-5,12-15,24H2,1-2H3. The number of piperazine rings is 1. The number of carbonyl (C=O) groups excluding carboxylic acids is 1. The highest BCUT2D eigenvalue weighted by Crippen LogP contribution is 2.34. The summed E-state index contributed by atoms with van der Waals surface area (Å²) in [5.41, 5.74) is 9.12. The van der Waals surface area contributed by atoms with Gasteiger partial charge in [-0.3, -0.25) is 4.79 Å². The zero-order valence-electron chi connectivity index (χ0n) is 17.6. The van der Waals surface area contributed by atoms with Gasteiger partial charge >= 0.3 is 0 Å². The summed E-state index contributed by atoms with van der Waals surface area (Å²) in [6.07, 6.45) is 3.21. The Bertz CT molecular complexity index is 1020. The summed E-state index contributed by atoms with van der Waals surface area (Å²) in [5, 5.41) is 0.889. The number of methoxy groups -OCH3 is 1. The Morgan fingerprint density at radius 3 is 2.53 bits per heavy atom. The first-order valence-corrected chi connectivity index (χ1v) is 11.3. The number of carbonyl (C=O) groups is 1. The predicted octanol–water partition coefficient (Wildman–Crippen LogP) is 4.19. The molecule has 3 heterocycles. The molecule has 0 atom stereocenters. The third kappa shape index (κ3) is 4.07. The van der Waals surface area contributed by atoms with Gasteiger partial charge < -0.3 is 20.3 Å². The monoisotopic (exact) mass is 424 g/mol. The van der Waals surface area contributed by atoms with Crippen molar-refractivity contribution in [1.29, 1.82) is 0 Å². The van der Waals surface area contributed by atoms with Gasteiger partial charge in [0.1, 0.15) is 15.5 Å². The van der Waals surface area contributed by atoms with Gasteiger partial charge in [0.15, 0.2) is 0 Å². The van der Waals surface area contributed by atoms with Crippen molar-refractivity contribution in [2.75, 3.05) is 43.9 Å². The Morgan fingerprint density at radius 1 is 1.13 bits per heavy atom. The summed E-state index contributed by atoms with van der Waals surface area (Å²) in [6.45, 7) is 5.11. The van der Waals surface area contributed by atoms with Crippen molar-refractivity contribution in [1.82, 2.24) is 9.88 Å². The van der Waals surface area contributed by atoms with Crippen molar-refractivity contribution >= 4 is 38.8 Å². The molecule has 1 aliphatic heterocycles. The van der Waals surface area contributed by atoms with Gasteiger partial charge in [0.25, 0.3) is 5.91 Å². The van der Waals surface area contributed by atoms with Crippen LogP contribution < -0.4 is 15.4 Å². The Morgan fingerprint density at radius 2 is 1.87 bits per heavy atom. The lowest BCUT2D eigenvalue weighted by atomic mass is 10.1. The van der Waals surface area contributed by atoms with Crippen LogP contribution in [0.5, 0.6) is 5.75 Å². The average molecular weight is 425 g/mol. The molecule has 1 amide bonds. The zero-order valence-corrected chi connectivity index (χ0v) is 18.4. The minimum Gasteiger partial charge on any atom is -0.497 e. The Balaban J connectivity index is 1.45. The highest BCUT2D eigenvalue weighted by Gasteiger charge is 2.26. The molecule has 0 spiro atoms. The lowest BCUT2D eigenvalue weighted by molar-refractivity contribution is 0.0752. The van der Waals surface area contributed by atoms with Gasteiger partial charge in [-0.2, -0.15) is 0 Å². The number of pyridine rings is 1. The van der Waals surface area contributed by atoms with E-state index in [4.69, 9.17) is 15.5 Å². The zero-order chi connectivity index (χ0) is 21.1. The van der Waals surface area contributed by atoms with Crippen LogP contribution in [0.3, 0.4) is 0 Å². The SMILES string of the molecule is CCCCc1ccc2c(N)c(C(=O)N3CCN(c4ccc(OC)cc4)CC3)sc2n1. The predicted molar refractivity (Wildman–Crippen MR) is 124 cm³/mol. The third-order valence-corrected chi connectivity index (χ3v) is 6.74. The van der Waals surface area contributed by atoms with Gasteiger partial charge in [-0.25, -0.2) is 4.98 Å². The topological polar surface area (TPSA) is 71.7 Å². The number of hydrogen-bond acceptors (Lipinski definition) is 6. The summed E-state index contributed by atoms with van der Waals surface area (Å²) < 4.78 is 5.23. The van der Waals surface area contributed by atoms with E-state index < -0.39 is 0 Å². The average Bonchev–Trinajstić information content (AvgIpc) is 3.13. The fourth-order valence-electron chi connectivity index (χ4n) is 3.80. The van der Waals surface area contributed by atoms with E-state index in [0.717, 1.165) is 59.7 Å². The molecule has 1 fully saturated rings. The lowest BCUT2D eigenvalue weighted by Crippen LogP contribution is -2.48. The molecule has 2 aromatic heterocycles. The van der Waals surface area contributed by atoms with E-state index in [1.165, 1.54) is 11.3 Å². The van der Waals surface area contributed by atoms with E-state index in [0.29, 0.717) is 23.7 Å². The maximum absolute atomic E-state index is 13.2. The molecular formula is C23H28N4O2S. The van der Waals surface area contributed by atoms with E-state index in [1.54, 1.807) is 7.11 Å². The molecule has 1 aliphatic rings. The molecule has 1 aromatic carbocycles. The first-order chi connectivity index (χ1) is 14.6. The maximum atomic E-state index is 13.2. The van der Waals surface area contributed by atoms with Crippen molar-refractivity contribution < 1.29 is 9.53 Å². The van der Waals surface area contributed by atoms with Crippen molar-refractivity contribution in [3.8, 4) is 5.75 Å². The van der Waals surface area contributed by atoms with Gasteiger partial charge in [0.05, 0.1) is 12.8 Å². The number of fused-ring (bicyclic) bond motifs is 1. The third-order valence-electron chi connectivity index (χ3n) is 5.64. The highest BCUT2D eigenvalue weighted by atomic mass is 32.1. The Kier molecular flexibility index (Phi) is 6.08. The quantitative estimate of drug-likeness (QED) is 0.642. The van der Waals surface area contributed by atoms with E-state index in [2.05, 4.69) is 24.0 Å². The van der Waals surface area contributed by atoms with Gasteiger partial charge in [0.2, 0.25) is 0 Å². The van der Waals surface area contributed by atoms with Crippen LogP contribution in [-0.2, 0) is 6.42 Å². The van der Waals surface area contributed by atoms with E-state index in [1.807, 2.05) is 29.2 Å². The van der Waals surface area contributed by atoms with Crippen molar-refractivity contribution in [3.05, 3.63) is 47.0 Å². The smallest absolute Gasteiger partial charge is 0.266 e. The van der Waals surface area contributed by atoms with Crippen molar-refractivity contribution in [2.24, 2.45) is 0 Å². The van der Waals surface area contributed by atoms with E-state index in [-0.39, 0.29) is 5.91 Å². The highest BCUT2D eigenvalue weighted by molar-refractivity contribution is 7.21. The molecule has 0 unspecified atom stereocenters. The van der Waals surface area contributed by atoms with Crippen LogP contribution >= 0.6 is 11.3 Å². The number of amides is 1. The summed E-state index contributed by atoms with van der Waals surface area (Å²) >= 11 is 1.42. The van der Waals surface area contributed by atoms with Crippen molar-refractivity contribution in [2.45, 2.75) is 26.2 Å². The molecule has 0 bridgehead atoms. The molecule has 0 radical (unpaired) electrons. The first kappa shape index (κ1) is 20.5. The molecule has 2 N–H and O–H groups in total. The van der Waals surface area contributed by atoms with Crippen LogP contribution in [-0.4, -0.2) is 49.1 Å². The molecular weight excluding hydrogens is 396 g/mol. The van der Waals surface area contributed by atoms with Gasteiger partial charge in [-0.1, -0.05) is 13.3 Å². The Labute approximate surface area is 181 Å². The lowest BCUT2D eigenvalue weighted by Gasteiger charge is -2.36. The van der Waals surface area contributed by atoms with Gasteiger partial charge in [0, 0.05) is 42.9 Å². The molecule has 3 aromatic rings. The number of nitrogens with two attached hydrogens (primary N) is 1. The summed E-state index contributed by atoms with van der Waals surface area (Å²) in [4.78, 5) is 23.6. The second-order valence-corrected chi connectivity index (χ2v) is 8.58. The van der Waals surface area contributed by atoms with Crippen molar-refractivity contribution in [3.63, 3.8) is 0 Å². The number of nitrogen functional groups attached to an aromatic ring is 1. The minimum absolute atomic E-state index is 0.0139. The molecule has 30 heavy (non-hydrogen) atoms. The van der Waals surface area contributed by atoms with E-state index in [9.17, 15) is 4.79 Å². The number of aromatic nitrogens is 1. The second-order valence-electron chi connectivity index (χ2n) is 7.58. The number of nitrogens with zero attached hydrogens (tertiary/aromatic N) is 3. The fraction of sp³-hybridized carbons (Fsp3) is 0.391. The first-order valence-electron chi connectivity index (χ1n) is 10.5. The molecule has 4 rings (SSSR count). The van der Waals surface area contributed by atoms with Gasteiger partial charge in [-0.15, -0.1) is 11.3 Å². The largest absolute Gasteiger partial charge is 0.497 e. The normalized spacial score (nSPS) is 14.3. The molecule has 7 heteroatoms. The van der Waals surface area contributed by atoms with Crippen LogP contribution in [0, 0.1) is 0 Å². The van der Waals surface area contributed by atoms with Gasteiger partial charge in [-0.05, 0) is 49.2 Å². The second kappa shape index (κ2) is 8.92. The number of unbranched alkanes of at least 4 members (excludes halogenated alkanes) is 1. The molecule has 6 nitrogen and oxygen atoms in total. The van der Waals surface area contributed by atoms with E-state index >= 15 is 0 Å². The van der Waals surface area contributed by atoms with Crippen LogP contribution in [0.15, 0.2) is 36.4 Å². The summed E-state index contributed by atoms with van der Waals surface area (Å²) in [7, 11) is 1.67. The minimum atomic E-state index is 0.0139. The number of aryl methyl sites for hydroxylation is 1. The number of ether oxygens (including phenoxy) is 1. The molecule has 0 aliphatic carbocycles. The van der Waals surface area contributed by atoms with Crippen LogP contribution in [0.1, 0.15) is 35.1 Å². The summed E-state index contributed by atoms with van der Waals surface area (Å²) in [6, 6.07) is 12.1. The van der Waals surface area contributed by atoms with Crippen LogP contribution in [0.2, 0.25) is 0 Å². The molecule has 0 saturated carbocycles. The molecule has 1 saturated heterocycles.